The zero-order valence-electron chi connectivity index (χ0n) is 15.6. The Bertz CT molecular complexity index is 1030. The van der Waals surface area contributed by atoms with Gasteiger partial charge in [-0.25, -0.2) is 0 Å². The van der Waals surface area contributed by atoms with Gasteiger partial charge in [0.05, 0.1) is 11.1 Å². The number of aromatic nitrogens is 1. The van der Waals surface area contributed by atoms with Crippen molar-refractivity contribution in [2.75, 3.05) is 18.4 Å². The van der Waals surface area contributed by atoms with E-state index in [2.05, 4.69) is 33.1 Å². The highest BCUT2D eigenvalue weighted by molar-refractivity contribution is 9.10. The van der Waals surface area contributed by atoms with E-state index < -0.39 is 0 Å². The molecule has 0 unspecified atom stereocenters. The summed E-state index contributed by atoms with van der Waals surface area (Å²) in [5.41, 5.74) is 5.65. The number of nitrogens with one attached hydrogen (secondary N) is 1. The van der Waals surface area contributed by atoms with Crippen LogP contribution in [0.3, 0.4) is 0 Å². The largest absolute Gasteiger partial charge is 0.322 e. The fraction of sp³-hybridized carbons (Fsp3) is 0.273. The number of para-hydroxylation sites is 1. The zero-order chi connectivity index (χ0) is 19.0. The molecular formula is C22H22BrN3O. The van der Waals surface area contributed by atoms with Gasteiger partial charge < -0.3 is 5.32 Å². The van der Waals surface area contributed by atoms with Crippen molar-refractivity contribution in [1.29, 1.82) is 0 Å². The minimum atomic E-state index is -0.0653. The lowest BCUT2D eigenvalue weighted by molar-refractivity contribution is 0.102. The van der Waals surface area contributed by atoms with Crippen LogP contribution in [0.1, 0.15) is 34.1 Å². The molecule has 0 fully saturated rings. The van der Waals surface area contributed by atoms with Crippen molar-refractivity contribution in [3.63, 3.8) is 0 Å². The topological polar surface area (TPSA) is 45.2 Å². The molecule has 1 N–H and O–H groups in total. The molecule has 4 nitrogen and oxygen atoms in total. The summed E-state index contributed by atoms with van der Waals surface area (Å²) >= 11 is 3.51. The Morgan fingerprint density at radius 2 is 2.07 bits per heavy atom. The van der Waals surface area contributed by atoms with Crippen LogP contribution >= 0.6 is 15.9 Å². The smallest absolute Gasteiger partial charge is 0.256 e. The van der Waals surface area contributed by atoms with Crippen LogP contribution in [0.5, 0.6) is 0 Å². The van der Waals surface area contributed by atoms with Crippen LogP contribution in [0.2, 0.25) is 0 Å². The highest BCUT2D eigenvalue weighted by Gasteiger charge is 2.25. The molecule has 1 amide bonds. The molecule has 4 rings (SSSR count). The molecule has 0 spiro atoms. The number of benzene rings is 2. The van der Waals surface area contributed by atoms with Crippen LogP contribution in [0.25, 0.3) is 10.9 Å². The number of aryl methyl sites for hydroxylation is 1. The molecule has 27 heavy (non-hydrogen) atoms. The summed E-state index contributed by atoms with van der Waals surface area (Å²) in [6, 6.07) is 13.8. The van der Waals surface area contributed by atoms with Crippen LogP contribution in [0, 0.1) is 6.92 Å². The van der Waals surface area contributed by atoms with E-state index in [4.69, 9.17) is 4.98 Å². The van der Waals surface area contributed by atoms with E-state index >= 15 is 0 Å². The van der Waals surface area contributed by atoms with Gasteiger partial charge >= 0.3 is 0 Å². The second kappa shape index (κ2) is 7.41. The highest BCUT2D eigenvalue weighted by Crippen LogP contribution is 2.29. The molecule has 2 heterocycles. The first-order valence-electron chi connectivity index (χ1n) is 9.27. The third-order valence-corrected chi connectivity index (χ3v) is 6.11. The summed E-state index contributed by atoms with van der Waals surface area (Å²) in [5, 5.41) is 4.01. The lowest BCUT2D eigenvalue weighted by Crippen LogP contribution is -2.33. The van der Waals surface area contributed by atoms with Crippen LogP contribution < -0.4 is 5.32 Å². The molecule has 1 aromatic heterocycles. The Kier molecular flexibility index (Phi) is 4.98. The number of amides is 1. The van der Waals surface area contributed by atoms with Crippen LogP contribution in [-0.2, 0) is 13.0 Å². The first-order chi connectivity index (χ1) is 13.1. The standard InChI is InChI=1S/C22H22BrN3O/c1-3-26-11-10-20-17(13-26)21(16-6-4-5-7-19(16)25-20)22(27)24-15-8-9-18(23)14(2)12-15/h4-9,12H,3,10-11,13H2,1-2H3,(H,24,27). The molecule has 0 atom stereocenters. The molecule has 1 aliphatic rings. The van der Waals surface area contributed by atoms with Crippen molar-refractivity contribution in [2.45, 2.75) is 26.8 Å². The van der Waals surface area contributed by atoms with Crippen LogP contribution in [-0.4, -0.2) is 28.9 Å². The molecule has 2 aromatic carbocycles. The number of anilines is 1. The molecule has 0 bridgehead atoms. The summed E-state index contributed by atoms with van der Waals surface area (Å²) in [7, 11) is 0. The summed E-state index contributed by atoms with van der Waals surface area (Å²) in [5.74, 6) is -0.0653. The van der Waals surface area contributed by atoms with Crippen molar-refractivity contribution in [2.24, 2.45) is 0 Å². The molecule has 138 valence electrons. The third-order valence-electron chi connectivity index (χ3n) is 5.22. The SMILES string of the molecule is CCN1CCc2nc3ccccc3c(C(=O)Nc3ccc(Br)c(C)c3)c2C1. The number of halogens is 1. The second-order valence-electron chi connectivity index (χ2n) is 6.97. The fourth-order valence-electron chi connectivity index (χ4n) is 3.69. The molecule has 5 heteroatoms. The van der Waals surface area contributed by atoms with Gasteiger partial charge in [0.1, 0.15) is 0 Å². The third kappa shape index (κ3) is 3.49. The maximum absolute atomic E-state index is 13.3. The number of pyridine rings is 1. The van der Waals surface area contributed by atoms with Gasteiger partial charge in [-0.3, -0.25) is 14.7 Å². The molecule has 3 aromatic rings. The maximum Gasteiger partial charge on any atom is 0.256 e. The predicted molar refractivity (Wildman–Crippen MR) is 113 cm³/mol. The molecule has 0 saturated carbocycles. The average Bonchev–Trinajstić information content (AvgIpc) is 2.68. The molecule has 0 radical (unpaired) electrons. The number of nitrogens with zero attached hydrogens (tertiary/aromatic N) is 2. The molecule has 0 saturated heterocycles. The quantitative estimate of drug-likeness (QED) is 0.648. The van der Waals surface area contributed by atoms with E-state index in [-0.39, 0.29) is 5.91 Å². The van der Waals surface area contributed by atoms with E-state index in [0.29, 0.717) is 0 Å². The van der Waals surface area contributed by atoms with E-state index in [1.54, 1.807) is 0 Å². The van der Waals surface area contributed by atoms with Crippen LogP contribution in [0.15, 0.2) is 46.9 Å². The molecule has 1 aliphatic heterocycles. The first kappa shape index (κ1) is 18.1. The van der Waals surface area contributed by atoms with Gasteiger partial charge in [-0.05, 0) is 43.3 Å². The number of hydrogen-bond donors (Lipinski definition) is 1. The zero-order valence-corrected chi connectivity index (χ0v) is 17.1. The maximum atomic E-state index is 13.3. The Morgan fingerprint density at radius 1 is 1.26 bits per heavy atom. The van der Waals surface area contributed by atoms with Gasteiger partial charge in [0, 0.05) is 46.3 Å². The van der Waals surface area contributed by atoms with Crippen molar-refractivity contribution < 1.29 is 4.79 Å². The number of carbonyl (C=O) groups is 1. The fourth-order valence-corrected chi connectivity index (χ4v) is 3.94. The molecular weight excluding hydrogens is 402 g/mol. The highest BCUT2D eigenvalue weighted by atomic mass is 79.9. The lowest BCUT2D eigenvalue weighted by atomic mass is 9.95. The number of rotatable bonds is 3. The number of hydrogen-bond acceptors (Lipinski definition) is 3. The predicted octanol–water partition coefficient (Wildman–Crippen LogP) is 4.94. The lowest BCUT2D eigenvalue weighted by Gasteiger charge is -2.29. The first-order valence-corrected chi connectivity index (χ1v) is 10.1. The average molecular weight is 424 g/mol. The van der Waals surface area contributed by atoms with E-state index in [1.165, 1.54) is 0 Å². The second-order valence-corrected chi connectivity index (χ2v) is 7.82. The number of carbonyl (C=O) groups excluding carboxylic acids is 1. The summed E-state index contributed by atoms with van der Waals surface area (Å²) in [6.45, 7) is 6.90. The van der Waals surface area contributed by atoms with Gasteiger partial charge in [0.25, 0.3) is 5.91 Å². The van der Waals surface area contributed by atoms with Crippen molar-refractivity contribution in [1.82, 2.24) is 9.88 Å². The van der Waals surface area contributed by atoms with E-state index in [0.717, 1.165) is 69.5 Å². The molecule has 0 aliphatic carbocycles. The van der Waals surface area contributed by atoms with Gasteiger partial charge in [-0.1, -0.05) is 41.1 Å². The van der Waals surface area contributed by atoms with Crippen molar-refractivity contribution in [3.05, 3.63) is 69.3 Å². The Morgan fingerprint density at radius 3 is 2.85 bits per heavy atom. The van der Waals surface area contributed by atoms with Gasteiger partial charge in [0.2, 0.25) is 0 Å². The van der Waals surface area contributed by atoms with E-state index in [1.807, 2.05) is 49.4 Å². The van der Waals surface area contributed by atoms with Crippen LogP contribution in [0.4, 0.5) is 5.69 Å². The number of fused-ring (bicyclic) bond motifs is 2. The Hall–Kier alpha value is -2.24. The number of likely N-dealkylation sites (N-methyl/N-ethyl adjacent to an activating group) is 1. The van der Waals surface area contributed by atoms with Gasteiger partial charge in [0.15, 0.2) is 0 Å². The minimum Gasteiger partial charge on any atom is -0.322 e. The Labute approximate surface area is 167 Å². The normalized spacial score (nSPS) is 14.2. The minimum absolute atomic E-state index is 0.0653. The van der Waals surface area contributed by atoms with E-state index in [9.17, 15) is 4.79 Å². The van der Waals surface area contributed by atoms with Crippen molar-refractivity contribution >= 4 is 38.4 Å². The van der Waals surface area contributed by atoms with Gasteiger partial charge in [-0.15, -0.1) is 0 Å². The van der Waals surface area contributed by atoms with Gasteiger partial charge in [-0.2, -0.15) is 0 Å². The monoisotopic (exact) mass is 423 g/mol. The summed E-state index contributed by atoms with van der Waals surface area (Å²) < 4.78 is 1.03. The summed E-state index contributed by atoms with van der Waals surface area (Å²) in [6.07, 6.45) is 0.881. The summed E-state index contributed by atoms with van der Waals surface area (Å²) in [4.78, 5) is 20.5. The Balaban J connectivity index is 1.81. The van der Waals surface area contributed by atoms with Crippen molar-refractivity contribution in [3.8, 4) is 0 Å².